The summed E-state index contributed by atoms with van der Waals surface area (Å²) in [6.45, 7) is 0. The van der Waals surface area contributed by atoms with Crippen molar-refractivity contribution < 1.29 is 28.5 Å². The second kappa shape index (κ2) is 8.09. The molecule has 0 atom stereocenters. The van der Waals surface area contributed by atoms with Crippen LogP contribution in [0, 0.1) is 0 Å². The Bertz CT molecular complexity index is 637. The number of hydrogen-bond acceptors (Lipinski definition) is 6. The summed E-state index contributed by atoms with van der Waals surface area (Å²) in [5, 5.41) is 2.87. The molecule has 1 aliphatic carbocycles. The minimum Gasteiger partial charge on any atom is -0.496 e. The Hall–Kier alpha value is -2.44. The first-order valence-electron chi connectivity index (χ1n) is 8.22. The molecule has 2 rings (SSSR count). The van der Waals surface area contributed by atoms with Gasteiger partial charge in [0.2, 0.25) is 0 Å². The molecule has 7 heteroatoms. The van der Waals surface area contributed by atoms with Gasteiger partial charge in [0.15, 0.2) is 11.5 Å². The van der Waals surface area contributed by atoms with Gasteiger partial charge in [-0.05, 0) is 12.8 Å². The number of nitrogens with one attached hydrogen (secondary N) is 1. The number of ether oxygens (including phenoxy) is 4. The lowest BCUT2D eigenvalue weighted by atomic mass is 9.81. The van der Waals surface area contributed by atoms with Crippen molar-refractivity contribution in [2.75, 3.05) is 28.4 Å². The van der Waals surface area contributed by atoms with Gasteiger partial charge in [-0.2, -0.15) is 0 Å². The van der Waals surface area contributed by atoms with Gasteiger partial charge in [0.25, 0.3) is 5.91 Å². The molecular weight excluding hydrogens is 326 g/mol. The Labute approximate surface area is 147 Å². The summed E-state index contributed by atoms with van der Waals surface area (Å²) in [4.78, 5) is 25.2. The molecule has 1 fully saturated rings. The quantitative estimate of drug-likeness (QED) is 0.792. The van der Waals surface area contributed by atoms with Crippen molar-refractivity contribution in [2.24, 2.45) is 0 Å². The molecule has 25 heavy (non-hydrogen) atoms. The zero-order valence-corrected chi connectivity index (χ0v) is 15.1. The first-order valence-corrected chi connectivity index (χ1v) is 8.22. The Balaban J connectivity index is 2.37. The van der Waals surface area contributed by atoms with E-state index < -0.39 is 17.4 Å². The average molecular weight is 351 g/mol. The summed E-state index contributed by atoms with van der Waals surface area (Å²) < 4.78 is 20.7. The van der Waals surface area contributed by atoms with Gasteiger partial charge in [-0.3, -0.25) is 4.79 Å². The molecule has 1 N–H and O–H groups in total. The molecule has 1 aliphatic rings. The van der Waals surface area contributed by atoms with E-state index in [9.17, 15) is 9.59 Å². The second-order valence-corrected chi connectivity index (χ2v) is 6.00. The van der Waals surface area contributed by atoms with Crippen LogP contribution in [0.1, 0.15) is 42.5 Å². The van der Waals surface area contributed by atoms with Crippen molar-refractivity contribution in [2.45, 2.75) is 37.6 Å². The number of amides is 1. The molecular formula is C18H25NO6. The number of hydrogen-bond donors (Lipinski definition) is 1. The van der Waals surface area contributed by atoms with Crippen molar-refractivity contribution >= 4 is 11.9 Å². The van der Waals surface area contributed by atoms with Crippen LogP contribution in [0.15, 0.2) is 12.1 Å². The molecule has 0 radical (unpaired) electrons. The molecule has 0 unspecified atom stereocenters. The third-order valence-corrected chi connectivity index (χ3v) is 4.59. The molecule has 1 aromatic carbocycles. The monoisotopic (exact) mass is 351 g/mol. The molecule has 1 saturated carbocycles. The Morgan fingerprint density at radius 2 is 1.44 bits per heavy atom. The van der Waals surface area contributed by atoms with E-state index in [1.807, 2.05) is 0 Å². The molecule has 0 spiro atoms. The lowest BCUT2D eigenvalue weighted by Gasteiger charge is -2.35. The van der Waals surface area contributed by atoms with Crippen molar-refractivity contribution in [3.63, 3.8) is 0 Å². The minimum atomic E-state index is -0.998. The van der Waals surface area contributed by atoms with Crippen molar-refractivity contribution in [3.8, 4) is 17.2 Å². The van der Waals surface area contributed by atoms with Gasteiger partial charge in [0, 0.05) is 12.1 Å². The number of esters is 1. The van der Waals surface area contributed by atoms with Crippen molar-refractivity contribution in [3.05, 3.63) is 17.7 Å². The highest BCUT2D eigenvalue weighted by molar-refractivity contribution is 6.01. The number of carbonyl (C=O) groups is 2. The molecule has 0 aromatic heterocycles. The number of carbonyl (C=O) groups excluding carboxylic acids is 2. The SMILES string of the molecule is COC(=O)C1(NC(=O)c2cc(OC)c(OC)cc2OC)CCCCC1. The highest BCUT2D eigenvalue weighted by Crippen LogP contribution is 2.36. The summed E-state index contributed by atoms with van der Waals surface area (Å²) in [7, 11) is 5.80. The van der Waals surface area contributed by atoms with E-state index >= 15 is 0 Å². The summed E-state index contributed by atoms with van der Waals surface area (Å²) in [5.41, 5.74) is -0.726. The zero-order valence-electron chi connectivity index (χ0n) is 15.1. The molecule has 1 aromatic rings. The van der Waals surface area contributed by atoms with Crippen LogP contribution in [-0.4, -0.2) is 45.9 Å². The number of rotatable bonds is 6. The van der Waals surface area contributed by atoms with Gasteiger partial charge in [-0.15, -0.1) is 0 Å². The first-order chi connectivity index (χ1) is 12.0. The minimum absolute atomic E-state index is 0.272. The molecule has 1 amide bonds. The predicted molar refractivity (Wildman–Crippen MR) is 91.4 cm³/mol. The Morgan fingerprint density at radius 1 is 0.880 bits per heavy atom. The standard InChI is InChI=1S/C18H25NO6/c1-22-13-11-15(24-3)14(23-2)10-12(13)16(20)19-18(17(21)25-4)8-6-5-7-9-18/h10-11H,5-9H2,1-4H3,(H,19,20). The maximum atomic E-state index is 12.9. The van der Waals surface area contributed by atoms with Crippen LogP contribution in [0.2, 0.25) is 0 Å². The highest BCUT2D eigenvalue weighted by atomic mass is 16.5. The molecule has 0 saturated heterocycles. The Kier molecular flexibility index (Phi) is 6.12. The highest BCUT2D eigenvalue weighted by Gasteiger charge is 2.42. The summed E-state index contributed by atoms with van der Waals surface area (Å²) in [5.74, 6) is 0.372. The molecule has 0 heterocycles. The fourth-order valence-corrected chi connectivity index (χ4v) is 3.22. The first kappa shape index (κ1) is 18.9. The third-order valence-electron chi connectivity index (χ3n) is 4.59. The largest absolute Gasteiger partial charge is 0.496 e. The van der Waals surface area contributed by atoms with Gasteiger partial charge >= 0.3 is 5.97 Å². The van der Waals surface area contributed by atoms with Crippen molar-refractivity contribution in [1.29, 1.82) is 0 Å². The zero-order chi connectivity index (χ0) is 18.4. The van der Waals surface area contributed by atoms with Gasteiger partial charge in [0.1, 0.15) is 11.3 Å². The van der Waals surface area contributed by atoms with Crippen LogP contribution >= 0.6 is 0 Å². The maximum absolute atomic E-state index is 12.9. The fourth-order valence-electron chi connectivity index (χ4n) is 3.22. The van der Waals surface area contributed by atoms with Crippen LogP contribution in [0.25, 0.3) is 0 Å². The maximum Gasteiger partial charge on any atom is 0.331 e. The van der Waals surface area contributed by atoms with E-state index in [1.165, 1.54) is 28.4 Å². The summed E-state index contributed by atoms with van der Waals surface area (Å²) in [6.07, 6.45) is 3.87. The fraction of sp³-hybridized carbons (Fsp3) is 0.556. The van der Waals surface area contributed by atoms with E-state index in [1.54, 1.807) is 12.1 Å². The van der Waals surface area contributed by atoms with Crippen LogP contribution in [0.5, 0.6) is 17.2 Å². The molecule has 0 bridgehead atoms. The van der Waals surface area contributed by atoms with Crippen LogP contribution in [0.4, 0.5) is 0 Å². The second-order valence-electron chi connectivity index (χ2n) is 6.00. The van der Waals surface area contributed by atoms with Gasteiger partial charge in [0.05, 0.1) is 34.0 Å². The molecule has 0 aliphatic heterocycles. The summed E-state index contributed by atoms with van der Waals surface area (Å²) in [6, 6.07) is 3.13. The Morgan fingerprint density at radius 3 is 1.96 bits per heavy atom. The van der Waals surface area contributed by atoms with Crippen molar-refractivity contribution in [1.82, 2.24) is 5.32 Å². The third kappa shape index (κ3) is 3.81. The summed E-state index contributed by atoms with van der Waals surface area (Å²) >= 11 is 0. The topological polar surface area (TPSA) is 83.1 Å². The molecule has 7 nitrogen and oxygen atoms in total. The van der Waals surface area contributed by atoms with E-state index in [0.29, 0.717) is 30.1 Å². The van der Waals surface area contributed by atoms with Gasteiger partial charge < -0.3 is 24.3 Å². The van der Waals surface area contributed by atoms with Gasteiger partial charge in [-0.25, -0.2) is 4.79 Å². The lowest BCUT2D eigenvalue weighted by Crippen LogP contribution is -2.56. The number of benzene rings is 1. The number of methoxy groups -OCH3 is 4. The van der Waals surface area contributed by atoms with Crippen LogP contribution in [0.3, 0.4) is 0 Å². The predicted octanol–water partition coefficient (Wildman–Crippen LogP) is 2.32. The average Bonchev–Trinajstić information content (AvgIpc) is 2.66. The molecule has 138 valence electrons. The van der Waals surface area contributed by atoms with E-state index in [-0.39, 0.29) is 5.56 Å². The van der Waals surface area contributed by atoms with Crippen LogP contribution in [-0.2, 0) is 9.53 Å². The normalized spacial score (nSPS) is 15.8. The van der Waals surface area contributed by atoms with E-state index in [2.05, 4.69) is 5.32 Å². The van der Waals surface area contributed by atoms with Crippen LogP contribution < -0.4 is 19.5 Å². The van der Waals surface area contributed by atoms with E-state index in [4.69, 9.17) is 18.9 Å². The smallest absolute Gasteiger partial charge is 0.331 e. The van der Waals surface area contributed by atoms with Gasteiger partial charge in [-0.1, -0.05) is 19.3 Å². The lowest BCUT2D eigenvalue weighted by molar-refractivity contribution is -0.149. The van der Waals surface area contributed by atoms with E-state index in [0.717, 1.165) is 19.3 Å².